The number of nitrogens with one attached hydrogen (secondary N) is 1. The van der Waals surface area contributed by atoms with Crippen LogP contribution >= 0.6 is 11.6 Å². The standard InChI is InChI=1S/C13H18ClN5O2S/c1-9-12(13(14)18(2)17-9)22(20,21)16-8-10-3-5-19-6-4-15-11(19)7-10/h4,6,10,16H,3,5,7-8H2,1-2H3. The number of sulfonamides is 1. The van der Waals surface area contributed by atoms with E-state index in [-0.39, 0.29) is 16.0 Å². The van der Waals surface area contributed by atoms with Crippen LogP contribution in [0.15, 0.2) is 17.3 Å². The summed E-state index contributed by atoms with van der Waals surface area (Å²) in [4.78, 5) is 4.36. The van der Waals surface area contributed by atoms with Crippen molar-refractivity contribution in [3.8, 4) is 0 Å². The molecule has 1 unspecified atom stereocenters. The van der Waals surface area contributed by atoms with Crippen molar-refractivity contribution in [2.75, 3.05) is 6.54 Å². The number of halogens is 1. The molecule has 2 aromatic heterocycles. The summed E-state index contributed by atoms with van der Waals surface area (Å²) < 4.78 is 31.0. The zero-order valence-electron chi connectivity index (χ0n) is 12.5. The first-order chi connectivity index (χ1) is 10.4. The van der Waals surface area contributed by atoms with Crippen molar-refractivity contribution in [2.45, 2.75) is 31.2 Å². The van der Waals surface area contributed by atoms with Crippen LogP contribution in [0.1, 0.15) is 17.9 Å². The highest BCUT2D eigenvalue weighted by Crippen LogP contribution is 2.25. The van der Waals surface area contributed by atoms with Gasteiger partial charge in [0.25, 0.3) is 0 Å². The van der Waals surface area contributed by atoms with Gasteiger partial charge in [-0.25, -0.2) is 18.1 Å². The molecule has 1 aliphatic heterocycles. The fraction of sp³-hybridized carbons (Fsp3) is 0.538. The van der Waals surface area contributed by atoms with Gasteiger partial charge < -0.3 is 4.57 Å². The molecular formula is C13H18ClN5O2S. The van der Waals surface area contributed by atoms with Crippen molar-refractivity contribution in [3.63, 3.8) is 0 Å². The van der Waals surface area contributed by atoms with Crippen LogP contribution in [0.2, 0.25) is 5.15 Å². The zero-order valence-corrected chi connectivity index (χ0v) is 14.0. The first-order valence-electron chi connectivity index (χ1n) is 7.07. The lowest BCUT2D eigenvalue weighted by Crippen LogP contribution is -2.33. The van der Waals surface area contributed by atoms with E-state index in [4.69, 9.17) is 11.6 Å². The van der Waals surface area contributed by atoms with Gasteiger partial charge in [-0.2, -0.15) is 5.10 Å². The summed E-state index contributed by atoms with van der Waals surface area (Å²) >= 11 is 6.04. The first kappa shape index (κ1) is 15.5. The Morgan fingerprint density at radius 3 is 2.95 bits per heavy atom. The average Bonchev–Trinajstić information content (AvgIpc) is 3.01. The van der Waals surface area contributed by atoms with E-state index < -0.39 is 10.0 Å². The molecule has 0 radical (unpaired) electrons. The lowest BCUT2D eigenvalue weighted by Gasteiger charge is -2.23. The van der Waals surface area contributed by atoms with Crippen molar-refractivity contribution in [2.24, 2.45) is 13.0 Å². The van der Waals surface area contributed by atoms with E-state index in [2.05, 4.69) is 19.4 Å². The second-order valence-corrected chi connectivity index (χ2v) is 7.64. The van der Waals surface area contributed by atoms with Gasteiger partial charge in [-0.15, -0.1) is 0 Å². The Balaban J connectivity index is 1.71. The summed E-state index contributed by atoms with van der Waals surface area (Å²) in [5.41, 5.74) is 0.402. The molecule has 3 heterocycles. The maximum Gasteiger partial charge on any atom is 0.245 e. The van der Waals surface area contributed by atoms with E-state index in [0.29, 0.717) is 12.2 Å². The molecule has 22 heavy (non-hydrogen) atoms. The molecule has 0 aromatic carbocycles. The van der Waals surface area contributed by atoms with E-state index in [1.165, 1.54) is 4.68 Å². The molecule has 0 saturated carbocycles. The van der Waals surface area contributed by atoms with E-state index in [0.717, 1.165) is 25.2 Å². The Kier molecular flexibility index (Phi) is 4.00. The predicted molar refractivity (Wildman–Crippen MR) is 82.2 cm³/mol. The van der Waals surface area contributed by atoms with E-state index in [9.17, 15) is 8.42 Å². The maximum absolute atomic E-state index is 12.5. The molecule has 7 nitrogen and oxygen atoms in total. The third-order valence-corrected chi connectivity index (χ3v) is 6.10. The number of hydrogen-bond acceptors (Lipinski definition) is 4. The van der Waals surface area contributed by atoms with E-state index in [1.54, 1.807) is 20.2 Å². The Hall–Kier alpha value is -1.38. The Morgan fingerprint density at radius 1 is 1.50 bits per heavy atom. The topological polar surface area (TPSA) is 81.8 Å². The van der Waals surface area contributed by atoms with Gasteiger partial charge >= 0.3 is 0 Å². The van der Waals surface area contributed by atoms with Crippen molar-refractivity contribution in [1.29, 1.82) is 0 Å². The summed E-state index contributed by atoms with van der Waals surface area (Å²) in [6.07, 6.45) is 5.43. The van der Waals surface area contributed by atoms with Crippen LogP contribution in [0.3, 0.4) is 0 Å². The van der Waals surface area contributed by atoms with Gasteiger partial charge in [-0.05, 0) is 19.3 Å². The van der Waals surface area contributed by atoms with Crippen molar-refractivity contribution in [1.82, 2.24) is 24.1 Å². The molecule has 9 heteroatoms. The molecule has 0 spiro atoms. The summed E-state index contributed by atoms with van der Waals surface area (Å²) in [5, 5.41) is 4.18. The minimum Gasteiger partial charge on any atom is -0.335 e. The highest BCUT2D eigenvalue weighted by molar-refractivity contribution is 7.89. The number of rotatable bonds is 4. The molecule has 0 amide bonds. The van der Waals surface area contributed by atoms with Gasteiger partial charge in [0.15, 0.2) is 0 Å². The van der Waals surface area contributed by atoms with Gasteiger partial charge in [-0.1, -0.05) is 11.6 Å². The molecule has 0 saturated heterocycles. The Bertz CT molecular complexity index is 795. The van der Waals surface area contributed by atoms with Crippen molar-refractivity contribution >= 4 is 21.6 Å². The fourth-order valence-corrected chi connectivity index (χ4v) is 4.67. The molecule has 0 fully saturated rings. The van der Waals surface area contributed by atoms with Crippen molar-refractivity contribution in [3.05, 3.63) is 29.1 Å². The Morgan fingerprint density at radius 2 is 2.27 bits per heavy atom. The summed E-state index contributed by atoms with van der Waals surface area (Å²) in [6, 6.07) is 0. The van der Waals surface area contributed by atoms with Gasteiger partial charge in [-0.3, -0.25) is 4.68 Å². The smallest absolute Gasteiger partial charge is 0.245 e. The lowest BCUT2D eigenvalue weighted by molar-refractivity contribution is 0.379. The van der Waals surface area contributed by atoms with Crippen LogP contribution in [0.5, 0.6) is 0 Å². The number of imidazole rings is 1. The first-order valence-corrected chi connectivity index (χ1v) is 8.93. The van der Waals surface area contributed by atoms with Crippen LogP contribution in [0.25, 0.3) is 0 Å². The zero-order chi connectivity index (χ0) is 15.9. The molecule has 1 N–H and O–H groups in total. The third kappa shape index (κ3) is 2.78. The number of nitrogens with zero attached hydrogens (tertiary/aromatic N) is 4. The fourth-order valence-electron chi connectivity index (χ4n) is 2.81. The second kappa shape index (κ2) is 5.68. The quantitative estimate of drug-likeness (QED) is 0.901. The average molecular weight is 344 g/mol. The predicted octanol–water partition coefficient (Wildman–Crippen LogP) is 1.12. The molecule has 120 valence electrons. The van der Waals surface area contributed by atoms with Gasteiger partial charge in [0, 0.05) is 39.0 Å². The normalized spacial score (nSPS) is 18.4. The highest BCUT2D eigenvalue weighted by atomic mass is 35.5. The largest absolute Gasteiger partial charge is 0.335 e. The van der Waals surface area contributed by atoms with Crippen LogP contribution in [0, 0.1) is 12.8 Å². The SMILES string of the molecule is Cc1nn(C)c(Cl)c1S(=O)(=O)NCC1CCn2ccnc2C1. The lowest BCUT2D eigenvalue weighted by atomic mass is 9.98. The molecule has 2 aromatic rings. The minimum atomic E-state index is -3.66. The summed E-state index contributed by atoms with van der Waals surface area (Å²) in [6.45, 7) is 2.88. The molecule has 1 atom stereocenters. The maximum atomic E-state index is 12.5. The van der Waals surface area contributed by atoms with E-state index in [1.807, 2.05) is 6.20 Å². The van der Waals surface area contributed by atoms with Crippen LogP contribution in [0.4, 0.5) is 0 Å². The van der Waals surface area contributed by atoms with Crippen LogP contribution < -0.4 is 4.72 Å². The minimum absolute atomic E-state index is 0.0639. The molecule has 0 aliphatic carbocycles. The molecule has 1 aliphatic rings. The molecular weight excluding hydrogens is 326 g/mol. The number of aromatic nitrogens is 4. The monoisotopic (exact) mass is 343 g/mol. The van der Waals surface area contributed by atoms with Crippen LogP contribution in [-0.2, 0) is 30.0 Å². The number of aryl methyl sites for hydroxylation is 3. The number of fused-ring (bicyclic) bond motifs is 1. The van der Waals surface area contributed by atoms with Gasteiger partial charge in [0.05, 0.1) is 5.69 Å². The van der Waals surface area contributed by atoms with Crippen molar-refractivity contribution < 1.29 is 8.42 Å². The number of hydrogen-bond donors (Lipinski definition) is 1. The van der Waals surface area contributed by atoms with Gasteiger partial charge in [0.2, 0.25) is 10.0 Å². The van der Waals surface area contributed by atoms with E-state index >= 15 is 0 Å². The molecule has 3 rings (SSSR count). The van der Waals surface area contributed by atoms with Crippen LogP contribution in [-0.4, -0.2) is 34.3 Å². The van der Waals surface area contributed by atoms with Gasteiger partial charge in [0.1, 0.15) is 15.9 Å². The second-order valence-electron chi connectivity index (χ2n) is 5.58. The summed E-state index contributed by atoms with van der Waals surface area (Å²) in [5.74, 6) is 1.24. The molecule has 0 bridgehead atoms. The Labute approximate surface area is 134 Å². The highest BCUT2D eigenvalue weighted by Gasteiger charge is 2.27. The third-order valence-electron chi connectivity index (χ3n) is 3.98. The summed E-state index contributed by atoms with van der Waals surface area (Å²) in [7, 11) is -2.04.